The molecule has 0 aromatic heterocycles. The van der Waals surface area contributed by atoms with Gasteiger partial charge in [0.1, 0.15) is 5.82 Å². The molecule has 0 radical (unpaired) electrons. The first-order valence-corrected chi connectivity index (χ1v) is 5.10. The van der Waals surface area contributed by atoms with Gasteiger partial charge in [0.25, 0.3) is 11.7 Å². The third kappa shape index (κ3) is 1.87. The highest BCUT2D eigenvalue weighted by Crippen LogP contribution is 2.32. The molecule has 0 fully saturated rings. The number of β-amino-alcohol motifs (C(OH)–C–C–N with tert-alkyl or cyclic N) is 1. The number of amides is 1. The number of hydrogen-bond acceptors (Lipinski definition) is 4. The van der Waals surface area contributed by atoms with Crippen molar-refractivity contribution < 1.29 is 28.6 Å². The SMILES string of the molecule is O=C1C(=O)N(CC(O)CO)c2c(F)cc(F)cc21. The Kier molecular flexibility index (Phi) is 3.10. The number of nitrogens with zero attached hydrogens (tertiary/aromatic N) is 1. The lowest BCUT2D eigenvalue weighted by Gasteiger charge is -2.19. The maximum absolute atomic E-state index is 13.6. The summed E-state index contributed by atoms with van der Waals surface area (Å²) in [6.07, 6.45) is -1.31. The third-order valence-electron chi connectivity index (χ3n) is 2.59. The molecule has 0 saturated carbocycles. The average Bonchev–Trinajstić information content (AvgIpc) is 2.54. The number of aliphatic hydroxyl groups is 2. The van der Waals surface area contributed by atoms with Crippen LogP contribution < -0.4 is 4.90 Å². The zero-order valence-corrected chi connectivity index (χ0v) is 9.06. The van der Waals surface area contributed by atoms with Crippen LogP contribution in [0.5, 0.6) is 0 Å². The molecule has 18 heavy (non-hydrogen) atoms. The minimum atomic E-state index is -1.31. The second-order valence-corrected chi connectivity index (χ2v) is 3.87. The van der Waals surface area contributed by atoms with Crippen molar-refractivity contribution in [2.24, 2.45) is 0 Å². The van der Waals surface area contributed by atoms with Crippen molar-refractivity contribution in [2.45, 2.75) is 6.10 Å². The molecule has 2 rings (SSSR count). The van der Waals surface area contributed by atoms with E-state index >= 15 is 0 Å². The standard InChI is InChI=1S/C11H9F2NO4/c12-5-1-7-9(8(13)2-5)14(3-6(16)4-15)11(18)10(7)17/h1-2,6,15-16H,3-4H2. The van der Waals surface area contributed by atoms with E-state index in [1.165, 1.54) is 0 Å². The van der Waals surface area contributed by atoms with Gasteiger partial charge in [-0.2, -0.15) is 0 Å². The van der Waals surface area contributed by atoms with Gasteiger partial charge in [-0.25, -0.2) is 8.78 Å². The summed E-state index contributed by atoms with van der Waals surface area (Å²) in [6.45, 7) is -1.08. The Balaban J connectivity index is 2.48. The molecule has 1 aliphatic heterocycles. The van der Waals surface area contributed by atoms with E-state index < -0.39 is 42.6 Å². The first-order chi connectivity index (χ1) is 8.45. The van der Waals surface area contributed by atoms with Gasteiger partial charge in [-0.05, 0) is 6.07 Å². The van der Waals surface area contributed by atoms with Crippen LogP contribution in [0.3, 0.4) is 0 Å². The van der Waals surface area contributed by atoms with Crippen molar-refractivity contribution in [1.82, 2.24) is 0 Å². The lowest BCUT2D eigenvalue weighted by molar-refractivity contribution is -0.114. The van der Waals surface area contributed by atoms with E-state index in [-0.39, 0.29) is 11.3 Å². The maximum Gasteiger partial charge on any atom is 0.299 e. The lowest BCUT2D eigenvalue weighted by atomic mass is 10.1. The highest BCUT2D eigenvalue weighted by molar-refractivity contribution is 6.52. The van der Waals surface area contributed by atoms with Crippen LogP contribution in [0, 0.1) is 11.6 Å². The summed E-state index contributed by atoms with van der Waals surface area (Å²) in [5.41, 5.74) is -0.735. The van der Waals surface area contributed by atoms with Gasteiger partial charge in [-0.3, -0.25) is 14.5 Å². The Bertz CT molecular complexity index is 532. The molecule has 0 aliphatic carbocycles. The largest absolute Gasteiger partial charge is 0.394 e. The Morgan fingerprint density at radius 3 is 2.56 bits per heavy atom. The van der Waals surface area contributed by atoms with Gasteiger partial charge in [-0.15, -0.1) is 0 Å². The van der Waals surface area contributed by atoms with Gasteiger partial charge in [0, 0.05) is 6.07 Å². The summed E-state index contributed by atoms with van der Waals surface area (Å²) in [7, 11) is 0. The zero-order chi connectivity index (χ0) is 13.4. The molecular formula is C11H9F2NO4. The van der Waals surface area contributed by atoms with Crippen molar-refractivity contribution >= 4 is 17.4 Å². The topological polar surface area (TPSA) is 77.8 Å². The van der Waals surface area contributed by atoms with Crippen molar-refractivity contribution in [2.75, 3.05) is 18.1 Å². The Hall–Kier alpha value is -1.86. The molecule has 0 saturated heterocycles. The van der Waals surface area contributed by atoms with Crippen LogP contribution >= 0.6 is 0 Å². The second kappa shape index (κ2) is 4.43. The highest BCUT2D eigenvalue weighted by Gasteiger charge is 2.39. The number of Topliss-reactive ketones (excluding diaryl/α,β-unsaturated/α-hetero) is 1. The number of carbonyl (C=O) groups excluding carboxylic acids is 2. The molecule has 7 heteroatoms. The van der Waals surface area contributed by atoms with Gasteiger partial charge >= 0.3 is 0 Å². The zero-order valence-electron chi connectivity index (χ0n) is 9.06. The summed E-state index contributed by atoms with van der Waals surface area (Å²) < 4.78 is 26.5. The van der Waals surface area contributed by atoms with E-state index in [1.807, 2.05) is 0 Å². The molecule has 1 aromatic rings. The fourth-order valence-corrected chi connectivity index (χ4v) is 1.80. The molecular weight excluding hydrogens is 248 g/mol. The summed E-state index contributed by atoms with van der Waals surface area (Å²) in [5, 5.41) is 17.9. The predicted octanol–water partition coefficient (Wildman–Crippen LogP) is -0.153. The van der Waals surface area contributed by atoms with Crippen molar-refractivity contribution in [3.8, 4) is 0 Å². The van der Waals surface area contributed by atoms with Gasteiger partial charge < -0.3 is 10.2 Å². The van der Waals surface area contributed by atoms with Crippen LogP contribution in [-0.4, -0.2) is 41.2 Å². The molecule has 5 nitrogen and oxygen atoms in total. The van der Waals surface area contributed by atoms with Gasteiger partial charge in [0.15, 0.2) is 5.82 Å². The van der Waals surface area contributed by atoms with Crippen LogP contribution in [0.25, 0.3) is 0 Å². The van der Waals surface area contributed by atoms with Crippen LogP contribution in [0.4, 0.5) is 14.5 Å². The normalized spacial score (nSPS) is 16.1. The second-order valence-electron chi connectivity index (χ2n) is 3.87. The van der Waals surface area contributed by atoms with Crippen molar-refractivity contribution in [3.63, 3.8) is 0 Å². The van der Waals surface area contributed by atoms with E-state index in [9.17, 15) is 23.5 Å². The summed E-state index contributed by atoms with van der Waals surface area (Å²) >= 11 is 0. The van der Waals surface area contributed by atoms with Crippen LogP contribution in [-0.2, 0) is 4.79 Å². The summed E-state index contributed by atoms with van der Waals surface area (Å²) in [6, 6.07) is 1.31. The van der Waals surface area contributed by atoms with Gasteiger partial charge in [0.05, 0.1) is 30.5 Å². The third-order valence-corrected chi connectivity index (χ3v) is 2.59. The number of fused-ring (bicyclic) bond motifs is 1. The van der Waals surface area contributed by atoms with Gasteiger partial charge in [0.2, 0.25) is 0 Å². The van der Waals surface area contributed by atoms with E-state index in [1.54, 1.807) is 0 Å². The number of aliphatic hydroxyl groups excluding tert-OH is 2. The predicted molar refractivity (Wildman–Crippen MR) is 56.1 cm³/mol. The average molecular weight is 257 g/mol. The lowest BCUT2D eigenvalue weighted by Crippen LogP contribution is -2.38. The Labute approximate surface area is 100 Å². The molecule has 1 atom stereocenters. The molecule has 0 spiro atoms. The fourth-order valence-electron chi connectivity index (χ4n) is 1.80. The molecule has 1 heterocycles. The van der Waals surface area contributed by atoms with Crippen LogP contribution in [0.1, 0.15) is 10.4 Å². The monoisotopic (exact) mass is 257 g/mol. The number of ketones is 1. The Morgan fingerprint density at radius 2 is 1.94 bits per heavy atom. The highest BCUT2D eigenvalue weighted by atomic mass is 19.1. The number of benzene rings is 1. The molecule has 2 N–H and O–H groups in total. The first kappa shape index (κ1) is 12.6. The molecule has 96 valence electrons. The number of carbonyl (C=O) groups is 2. The molecule has 1 aliphatic rings. The Morgan fingerprint density at radius 1 is 1.28 bits per heavy atom. The van der Waals surface area contributed by atoms with Crippen molar-refractivity contribution in [1.29, 1.82) is 0 Å². The van der Waals surface area contributed by atoms with E-state index in [2.05, 4.69) is 0 Å². The maximum atomic E-state index is 13.6. The minimum Gasteiger partial charge on any atom is -0.394 e. The smallest absolute Gasteiger partial charge is 0.299 e. The van der Waals surface area contributed by atoms with E-state index in [0.29, 0.717) is 11.0 Å². The quantitative estimate of drug-likeness (QED) is 0.738. The number of anilines is 1. The molecule has 1 amide bonds. The summed E-state index contributed by atoms with van der Waals surface area (Å²) in [5.74, 6) is -4.11. The molecule has 1 unspecified atom stereocenters. The fraction of sp³-hybridized carbons (Fsp3) is 0.273. The van der Waals surface area contributed by atoms with Crippen LogP contribution in [0.2, 0.25) is 0 Å². The summed E-state index contributed by atoms with van der Waals surface area (Å²) in [4.78, 5) is 23.8. The van der Waals surface area contributed by atoms with Crippen molar-refractivity contribution in [3.05, 3.63) is 29.3 Å². The van der Waals surface area contributed by atoms with E-state index in [4.69, 9.17) is 5.11 Å². The van der Waals surface area contributed by atoms with E-state index in [0.717, 1.165) is 6.07 Å². The number of hydrogen-bond donors (Lipinski definition) is 2. The minimum absolute atomic E-state index is 0.362. The van der Waals surface area contributed by atoms with Gasteiger partial charge in [-0.1, -0.05) is 0 Å². The first-order valence-electron chi connectivity index (χ1n) is 5.10. The molecule has 0 bridgehead atoms. The van der Waals surface area contributed by atoms with Crippen LogP contribution in [0.15, 0.2) is 12.1 Å². The number of halogens is 2. The molecule has 1 aromatic carbocycles. The number of rotatable bonds is 3.